The van der Waals surface area contributed by atoms with Gasteiger partial charge in [-0.15, -0.1) is 10.2 Å². The molecule has 0 unspecified atom stereocenters. The molecule has 0 radical (unpaired) electrons. The summed E-state index contributed by atoms with van der Waals surface area (Å²) in [7, 11) is -3.51. The van der Waals surface area contributed by atoms with Crippen LogP contribution in [0.2, 0.25) is 0 Å². The minimum Gasteiger partial charge on any atom is -0.461 e. The van der Waals surface area contributed by atoms with Crippen LogP contribution in [-0.2, 0) is 10.0 Å². The molecule has 1 aliphatic rings. The van der Waals surface area contributed by atoms with Crippen LogP contribution in [0.1, 0.15) is 23.2 Å². The van der Waals surface area contributed by atoms with E-state index in [1.807, 2.05) is 34.9 Å². The van der Waals surface area contributed by atoms with Crippen molar-refractivity contribution in [2.24, 2.45) is 0 Å². The van der Waals surface area contributed by atoms with Crippen molar-refractivity contribution >= 4 is 27.6 Å². The number of hydrogen-bond donors (Lipinski definition) is 0. The molecule has 1 saturated heterocycles. The summed E-state index contributed by atoms with van der Waals surface area (Å²) in [6.07, 6.45) is 3.33. The van der Waals surface area contributed by atoms with Crippen molar-refractivity contribution in [2.75, 3.05) is 18.8 Å². The van der Waals surface area contributed by atoms with Gasteiger partial charge in [-0.05, 0) is 49.2 Å². The van der Waals surface area contributed by atoms with Crippen LogP contribution in [0.4, 0.5) is 0 Å². The Labute approximate surface area is 201 Å². The lowest BCUT2D eigenvalue weighted by Crippen LogP contribution is -2.27. The smallest absolute Gasteiger partial charge is 0.243 e. The molecule has 2 aromatic carbocycles. The highest BCUT2D eigenvalue weighted by Crippen LogP contribution is 2.29. The maximum absolute atomic E-state index is 12.9. The number of thioether (sulfide) groups is 1. The van der Waals surface area contributed by atoms with E-state index in [0.717, 1.165) is 18.5 Å². The van der Waals surface area contributed by atoms with Gasteiger partial charge in [0.2, 0.25) is 15.8 Å². The number of hydrogen-bond acceptors (Lipinski definition) is 7. The Morgan fingerprint density at radius 3 is 2.35 bits per heavy atom. The summed E-state index contributed by atoms with van der Waals surface area (Å²) in [5, 5.41) is 9.12. The van der Waals surface area contributed by atoms with Crippen LogP contribution in [0.25, 0.3) is 17.3 Å². The third-order valence-corrected chi connectivity index (χ3v) is 8.44. The number of nitrogens with zero attached hydrogens (tertiary/aromatic N) is 4. The third kappa shape index (κ3) is 4.44. The maximum Gasteiger partial charge on any atom is 0.243 e. The standard InChI is InChI=1S/C24H22N4O4S2/c29-21(18-10-12-20(13-11-18)34(30,31)27-14-4-5-15-27)17-33-24-26-25-23(22-9-6-16-32-22)28(24)19-7-2-1-3-8-19/h1-3,6-13,16H,4-5,14-15,17H2. The normalized spacial score (nSPS) is 14.5. The van der Waals surface area contributed by atoms with Crippen LogP contribution < -0.4 is 0 Å². The van der Waals surface area contributed by atoms with E-state index in [4.69, 9.17) is 4.42 Å². The number of Topliss-reactive ketones (excluding diaryl/α,β-unsaturated/α-hetero) is 1. The average molecular weight is 495 g/mol. The molecule has 4 aromatic rings. The number of sulfonamides is 1. The van der Waals surface area contributed by atoms with Crippen LogP contribution in [-0.4, -0.2) is 52.1 Å². The highest BCUT2D eigenvalue weighted by atomic mass is 32.2. The monoisotopic (exact) mass is 494 g/mol. The van der Waals surface area contributed by atoms with Crippen LogP contribution in [0.15, 0.2) is 87.5 Å². The second kappa shape index (κ2) is 9.57. The highest BCUT2D eigenvalue weighted by molar-refractivity contribution is 7.99. The molecule has 3 heterocycles. The van der Waals surface area contributed by atoms with E-state index >= 15 is 0 Å². The van der Waals surface area contributed by atoms with E-state index < -0.39 is 10.0 Å². The first-order valence-electron chi connectivity index (χ1n) is 10.8. The molecular weight excluding hydrogens is 472 g/mol. The molecule has 2 aromatic heterocycles. The summed E-state index contributed by atoms with van der Waals surface area (Å²) < 4.78 is 34.3. The van der Waals surface area contributed by atoms with Crippen molar-refractivity contribution in [3.63, 3.8) is 0 Å². The number of ketones is 1. The molecule has 8 nitrogen and oxygen atoms in total. The molecule has 0 bridgehead atoms. The average Bonchev–Trinajstić information content (AvgIpc) is 3.64. The van der Waals surface area contributed by atoms with Gasteiger partial charge in [-0.1, -0.05) is 42.1 Å². The molecular formula is C24H22N4O4S2. The van der Waals surface area contributed by atoms with Gasteiger partial charge in [-0.3, -0.25) is 9.36 Å². The zero-order valence-electron chi connectivity index (χ0n) is 18.2. The van der Waals surface area contributed by atoms with E-state index in [1.54, 1.807) is 30.5 Å². The molecule has 1 fully saturated rings. The number of carbonyl (C=O) groups is 1. The molecule has 0 aliphatic carbocycles. The Morgan fingerprint density at radius 1 is 0.941 bits per heavy atom. The van der Waals surface area contributed by atoms with E-state index in [-0.39, 0.29) is 16.4 Å². The van der Waals surface area contributed by atoms with Gasteiger partial charge in [0.1, 0.15) is 0 Å². The number of para-hydroxylation sites is 1. The molecule has 5 rings (SSSR count). The molecule has 0 saturated carbocycles. The van der Waals surface area contributed by atoms with Gasteiger partial charge in [-0.25, -0.2) is 8.42 Å². The van der Waals surface area contributed by atoms with Crippen molar-refractivity contribution < 1.29 is 17.6 Å². The summed E-state index contributed by atoms with van der Waals surface area (Å²) in [6.45, 7) is 1.09. The van der Waals surface area contributed by atoms with Gasteiger partial charge in [0, 0.05) is 24.3 Å². The van der Waals surface area contributed by atoms with E-state index in [1.165, 1.54) is 28.2 Å². The zero-order chi connectivity index (χ0) is 23.5. The first kappa shape index (κ1) is 22.6. The fraction of sp³-hybridized carbons (Fsp3) is 0.208. The maximum atomic E-state index is 12.9. The van der Waals surface area contributed by atoms with Gasteiger partial charge < -0.3 is 4.42 Å². The summed E-state index contributed by atoms with van der Waals surface area (Å²) in [4.78, 5) is 13.1. The molecule has 0 spiro atoms. The van der Waals surface area contributed by atoms with Gasteiger partial charge in [0.25, 0.3) is 0 Å². The van der Waals surface area contributed by atoms with E-state index in [0.29, 0.717) is 35.4 Å². The molecule has 0 atom stereocenters. The molecule has 0 N–H and O–H groups in total. The lowest BCUT2D eigenvalue weighted by molar-refractivity contribution is 0.102. The first-order valence-corrected chi connectivity index (χ1v) is 13.3. The molecule has 10 heteroatoms. The van der Waals surface area contributed by atoms with Crippen LogP contribution in [0, 0.1) is 0 Å². The first-order chi connectivity index (χ1) is 16.5. The van der Waals surface area contributed by atoms with Crippen LogP contribution in [0.3, 0.4) is 0 Å². The van der Waals surface area contributed by atoms with E-state index in [9.17, 15) is 13.2 Å². The number of benzene rings is 2. The summed E-state index contributed by atoms with van der Waals surface area (Å²) in [5.74, 6) is 1.12. The number of aromatic nitrogens is 3. The zero-order valence-corrected chi connectivity index (χ0v) is 19.8. The summed E-state index contributed by atoms with van der Waals surface area (Å²) >= 11 is 1.26. The lowest BCUT2D eigenvalue weighted by Gasteiger charge is -2.15. The SMILES string of the molecule is O=C(CSc1nnc(-c2ccco2)n1-c1ccccc1)c1ccc(S(=O)(=O)N2CCCC2)cc1. The number of rotatable bonds is 8. The van der Waals surface area contributed by atoms with Crippen molar-refractivity contribution in [2.45, 2.75) is 22.9 Å². The Bertz CT molecular complexity index is 1380. The van der Waals surface area contributed by atoms with Crippen LogP contribution in [0.5, 0.6) is 0 Å². The molecule has 1 aliphatic heterocycles. The number of carbonyl (C=O) groups excluding carboxylic acids is 1. The fourth-order valence-electron chi connectivity index (χ4n) is 3.84. The minimum atomic E-state index is -3.51. The Kier molecular flexibility index (Phi) is 6.36. The van der Waals surface area contributed by atoms with Gasteiger partial charge in [0.05, 0.1) is 16.9 Å². The predicted molar refractivity (Wildman–Crippen MR) is 129 cm³/mol. The topological polar surface area (TPSA) is 98.3 Å². The quantitative estimate of drug-likeness (QED) is 0.266. The minimum absolute atomic E-state index is 0.126. The fourth-order valence-corrected chi connectivity index (χ4v) is 6.21. The summed E-state index contributed by atoms with van der Waals surface area (Å²) in [5.41, 5.74) is 1.30. The molecule has 174 valence electrons. The Morgan fingerprint density at radius 2 is 1.68 bits per heavy atom. The van der Waals surface area contributed by atoms with Crippen molar-refractivity contribution in [3.8, 4) is 17.3 Å². The Hall–Kier alpha value is -3.21. The predicted octanol–water partition coefficient (Wildman–Crippen LogP) is 4.29. The van der Waals surface area contributed by atoms with Crippen LogP contribution >= 0.6 is 11.8 Å². The van der Waals surface area contributed by atoms with Gasteiger partial charge in [-0.2, -0.15) is 4.31 Å². The Balaban J connectivity index is 1.34. The largest absolute Gasteiger partial charge is 0.461 e. The molecule has 34 heavy (non-hydrogen) atoms. The van der Waals surface area contributed by atoms with Gasteiger partial charge >= 0.3 is 0 Å². The van der Waals surface area contributed by atoms with Crippen molar-refractivity contribution in [1.82, 2.24) is 19.1 Å². The molecule has 0 amide bonds. The lowest BCUT2D eigenvalue weighted by atomic mass is 10.1. The second-order valence-corrected chi connectivity index (χ2v) is 10.7. The number of furan rings is 1. The second-order valence-electron chi connectivity index (χ2n) is 7.80. The third-order valence-electron chi connectivity index (χ3n) is 5.60. The van der Waals surface area contributed by atoms with Crippen molar-refractivity contribution in [1.29, 1.82) is 0 Å². The van der Waals surface area contributed by atoms with Crippen molar-refractivity contribution in [3.05, 3.63) is 78.6 Å². The highest BCUT2D eigenvalue weighted by Gasteiger charge is 2.27. The summed E-state index contributed by atoms with van der Waals surface area (Å²) in [6, 6.07) is 19.4. The van der Waals surface area contributed by atoms with E-state index in [2.05, 4.69) is 10.2 Å². The van der Waals surface area contributed by atoms with Gasteiger partial charge in [0.15, 0.2) is 16.7 Å².